The maximum Gasteiger partial charge on any atom is 0.115 e. The van der Waals surface area contributed by atoms with Crippen LogP contribution in [0.1, 0.15) is 31.7 Å². The molecule has 100 valence electrons. The van der Waals surface area contributed by atoms with Crippen LogP contribution in [0.2, 0.25) is 0 Å². The molecule has 1 fully saturated rings. The van der Waals surface area contributed by atoms with Gasteiger partial charge in [-0.1, -0.05) is 25.5 Å². The van der Waals surface area contributed by atoms with Gasteiger partial charge in [0.15, 0.2) is 0 Å². The van der Waals surface area contributed by atoms with Crippen LogP contribution in [0, 0.1) is 5.92 Å². The van der Waals surface area contributed by atoms with Crippen LogP contribution >= 0.6 is 0 Å². The zero-order valence-electron chi connectivity index (χ0n) is 11.2. The summed E-state index contributed by atoms with van der Waals surface area (Å²) in [6, 6.07) is 8.01. The largest absolute Gasteiger partial charge is 0.508 e. The monoisotopic (exact) mass is 248 g/mol. The van der Waals surface area contributed by atoms with Gasteiger partial charge in [0.1, 0.15) is 5.75 Å². The first-order chi connectivity index (χ1) is 8.72. The van der Waals surface area contributed by atoms with E-state index >= 15 is 0 Å². The number of hydrogen-bond donors (Lipinski definition) is 2. The van der Waals surface area contributed by atoms with Crippen molar-refractivity contribution < 1.29 is 5.11 Å². The van der Waals surface area contributed by atoms with Crippen molar-refractivity contribution >= 4 is 0 Å². The van der Waals surface area contributed by atoms with Crippen molar-refractivity contribution in [2.75, 3.05) is 13.1 Å². The first-order valence-corrected chi connectivity index (χ1v) is 6.95. The van der Waals surface area contributed by atoms with Crippen molar-refractivity contribution in [2.24, 2.45) is 11.7 Å². The zero-order chi connectivity index (χ0) is 13.0. The molecular weight excluding hydrogens is 224 g/mol. The van der Waals surface area contributed by atoms with E-state index in [0.717, 1.165) is 25.6 Å². The zero-order valence-corrected chi connectivity index (χ0v) is 11.2. The average molecular weight is 248 g/mol. The minimum atomic E-state index is 0.332. The second kappa shape index (κ2) is 6.21. The van der Waals surface area contributed by atoms with Gasteiger partial charge in [-0.3, -0.25) is 4.90 Å². The van der Waals surface area contributed by atoms with Crippen LogP contribution < -0.4 is 5.73 Å². The number of hydrogen-bond acceptors (Lipinski definition) is 3. The summed E-state index contributed by atoms with van der Waals surface area (Å²) in [7, 11) is 0. The number of phenolic OH excluding ortho intramolecular Hbond substituents is 1. The highest BCUT2D eigenvalue weighted by molar-refractivity contribution is 5.25. The van der Waals surface area contributed by atoms with Gasteiger partial charge in [0, 0.05) is 19.1 Å². The molecule has 3 N–H and O–H groups in total. The second-order valence-corrected chi connectivity index (χ2v) is 5.33. The SMILES string of the molecule is CCC1CCN(Cc2ccc(O)cc2)C(CN)C1. The molecule has 2 atom stereocenters. The number of aromatic hydroxyl groups is 1. The summed E-state index contributed by atoms with van der Waals surface area (Å²) in [6.07, 6.45) is 3.78. The predicted molar refractivity (Wildman–Crippen MR) is 74.4 cm³/mol. The van der Waals surface area contributed by atoms with Crippen molar-refractivity contribution in [3.8, 4) is 5.75 Å². The standard InChI is InChI=1S/C15H24N2O/c1-2-12-7-8-17(14(9-12)10-16)11-13-3-5-15(18)6-4-13/h3-6,12,14,18H,2,7-11,16H2,1H3. The van der Waals surface area contributed by atoms with Gasteiger partial charge in [0.25, 0.3) is 0 Å². The molecule has 0 amide bonds. The number of nitrogens with zero attached hydrogens (tertiary/aromatic N) is 1. The quantitative estimate of drug-likeness (QED) is 0.860. The van der Waals surface area contributed by atoms with E-state index in [9.17, 15) is 5.11 Å². The molecule has 0 bridgehead atoms. The lowest BCUT2D eigenvalue weighted by atomic mass is 9.88. The fraction of sp³-hybridized carbons (Fsp3) is 0.600. The number of nitrogens with two attached hydrogens (primary N) is 1. The van der Waals surface area contributed by atoms with E-state index in [-0.39, 0.29) is 0 Å². The number of benzene rings is 1. The fourth-order valence-corrected chi connectivity index (χ4v) is 2.84. The Morgan fingerprint density at radius 3 is 2.67 bits per heavy atom. The van der Waals surface area contributed by atoms with Gasteiger partial charge >= 0.3 is 0 Å². The van der Waals surface area contributed by atoms with Crippen LogP contribution in [0.4, 0.5) is 0 Å². The normalized spacial score (nSPS) is 25.2. The lowest BCUT2D eigenvalue weighted by Gasteiger charge is -2.38. The maximum atomic E-state index is 9.29. The van der Waals surface area contributed by atoms with Crippen molar-refractivity contribution in [2.45, 2.75) is 38.8 Å². The summed E-state index contributed by atoms with van der Waals surface area (Å²) in [5.41, 5.74) is 7.16. The highest BCUT2D eigenvalue weighted by atomic mass is 16.3. The molecule has 1 aromatic carbocycles. The molecule has 1 aliphatic rings. The van der Waals surface area contributed by atoms with Gasteiger partial charge in [-0.15, -0.1) is 0 Å². The van der Waals surface area contributed by atoms with Crippen molar-refractivity contribution in [1.82, 2.24) is 4.90 Å². The van der Waals surface area contributed by atoms with Crippen LogP contribution in [0.15, 0.2) is 24.3 Å². The third-order valence-corrected chi connectivity index (χ3v) is 4.12. The van der Waals surface area contributed by atoms with E-state index in [1.165, 1.54) is 24.8 Å². The first kappa shape index (κ1) is 13.4. The van der Waals surface area contributed by atoms with E-state index in [0.29, 0.717) is 11.8 Å². The van der Waals surface area contributed by atoms with Gasteiger partial charge in [0.05, 0.1) is 0 Å². The van der Waals surface area contributed by atoms with E-state index < -0.39 is 0 Å². The summed E-state index contributed by atoms with van der Waals surface area (Å²) in [5.74, 6) is 1.17. The third kappa shape index (κ3) is 3.24. The highest BCUT2D eigenvalue weighted by Crippen LogP contribution is 2.26. The summed E-state index contributed by atoms with van der Waals surface area (Å²) in [5, 5.41) is 9.29. The number of likely N-dealkylation sites (tertiary alicyclic amines) is 1. The number of rotatable bonds is 4. The molecule has 1 aliphatic heterocycles. The first-order valence-electron chi connectivity index (χ1n) is 6.95. The second-order valence-electron chi connectivity index (χ2n) is 5.33. The Labute approximate surface area is 110 Å². The summed E-state index contributed by atoms with van der Waals surface area (Å²) >= 11 is 0. The Balaban J connectivity index is 1.97. The molecule has 3 nitrogen and oxygen atoms in total. The summed E-state index contributed by atoms with van der Waals surface area (Å²) in [6.45, 7) is 5.10. The van der Waals surface area contributed by atoms with Crippen LogP contribution in [0.3, 0.4) is 0 Å². The summed E-state index contributed by atoms with van der Waals surface area (Å²) < 4.78 is 0. The lowest BCUT2D eigenvalue weighted by molar-refractivity contribution is 0.107. The Bertz CT molecular complexity index is 363. The predicted octanol–water partition coefficient (Wildman–Crippen LogP) is 2.34. The molecule has 0 aliphatic carbocycles. The van der Waals surface area contributed by atoms with Gasteiger partial charge in [-0.25, -0.2) is 0 Å². The smallest absolute Gasteiger partial charge is 0.115 e. The van der Waals surface area contributed by atoms with E-state index in [2.05, 4.69) is 11.8 Å². The summed E-state index contributed by atoms with van der Waals surface area (Å²) in [4.78, 5) is 2.48. The van der Waals surface area contributed by atoms with Crippen molar-refractivity contribution in [1.29, 1.82) is 0 Å². The van der Waals surface area contributed by atoms with Crippen LogP contribution in [0.25, 0.3) is 0 Å². The van der Waals surface area contributed by atoms with Crippen molar-refractivity contribution in [3.63, 3.8) is 0 Å². The third-order valence-electron chi connectivity index (χ3n) is 4.12. The Hall–Kier alpha value is -1.06. The molecule has 0 aromatic heterocycles. The molecule has 1 saturated heterocycles. The average Bonchev–Trinajstić information content (AvgIpc) is 2.41. The molecule has 3 heteroatoms. The van der Waals surface area contributed by atoms with E-state index in [4.69, 9.17) is 5.73 Å². The highest BCUT2D eigenvalue weighted by Gasteiger charge is 2.26. The topological polar surface area (TPSA) is 49.5 Å². The molecule has 0 spiro atoms. The molecule has 2 rings (SSSR count). The molecular formula is C15H24N2O. The number of piperidine rings is 1. The fourth-order valence-electron chi connectivity index (χ4n) is 2.84. The van der Waals surface area contributed by atoms with Gasteiger partial charge in [0.2, 0.25) is 0 Å². The van der Waals surface area contributed by atoms with Crippen LogP contribution in [-0.4, -0.2) is 29.1 Å². The van der Waals surface area contributed by atoms with E-state index in [1.54, 1.807) is 12.1 Å². The van der Waals surface area contributed by atoms with E-state index in [1.807, 2.05) is 12.1 Å². The maximum absolute atomic E-state index is 9.29. The molecule has 1 aromatic rings. The van der Waals surface area contributed by atoms with Gasteiger partial charge < -0.3 is 10.8 Å². The number of phenols is 1. The molecule has 2 unspecified atom stereocenters. The molecule has 0 radical (unpaired) electrons. The minimum Gasteiger partial charge on any atom is -0.508 e. The minimum absolute atomic E-state index is 0.332. The molecule has 0 saturated carbocycles. The molecule has 1 heterocycles. The Kier molecular flexibility index (Phi) is 4.61. The lowest BCUT2D eigenvalue weighted by Crippen LogP contribution is -2.45. The van der Waals surface area contributed by atoms with Crippen molar-refractivity contribution in [3.05, 3.63) is 29.8 Å². The Morgan fingerprint density at radius 1 is 1.33 bits per heavy atom. The van der Waals surface area contributed by atoms with Crippen LogP contribution in [-0.2, 0) is 6.54 Å². The van der Waals surface area contributed by atoms with Crippen LogP contribution in [0.5, 0.6) is 5.75 Å². The van der Waals surface area contributed by atoms with Gasteiger partial charge in [-0.2, -0.15) is 0 Å². The van der Waals surface area contributed by atoms with Gasteiger partial charge in [-0.05, 0) is 43.0 Å². The Morgan fingerprint density at radius 2 is 2.06 bits per heavy atom. The molecule has 18 heavy (non-hydrogen) atoms.